The molecule has 12 N–H and O–H groups in total. The Bertz CT molecular complexity index is 707. The van der Waals surface area contributed by atoms with E-state index in [9.17, 15) is 28.8 Å². The Kier molecular flexibility index (Phi) is 13.6. The molecule has 0 aromatic carbocycles. The number of thiol groups is 1. The lowest BCUT2D eigenvalue weighted by atomic mass is 10.1. The van der Waals surface area contributed by atoms with Crippen molar-refractivity contribution in [1.82, 2.24) is 16.0 Å². The third-order valence-electron chi connectivity index (χ3n) is 4.18. The molecule has 0 aliphatic heterocycles. The minimum absolute atomic E-state index is 0.169. The standard InChI is InChI=1S/C17H31N7O7S/c18-4-2-1-3-8(19)14(27)24-11(7-32)16(29)22-9(5-12(20)25)15(28)23-10(17(30)31)6-13(21)26/h8-11,32H,1-7,18-19H2,(H2,20,25)(H2,21,26)(H,22,29)(H,23,28)(H,24,27)(H,30,31). The number of aliphatic carboxylic acids is 1. The number of hydrogen-bond donors (Lipinski definition) is 9. The third kappa shape index (κ3) is 11.5. The molecule has 0 aliphatic rings. The van der Waals surface area contributed by atoms with E-state index in [1.54, 1.807) is 0 Å². The molecule has 0 spiro atoms. The van der Waals surface area contributed by atoms with Crippen LogP contribution in [0.15, 0.2) is 0 Å². The van der Waals surface area contributed by atoms with Gasteiger partial charge >= 0.3 is 5.97 Å². The van der Waals surface area contributed by atoms with Gasteiger partial charge in [0.05, 0.1) is 18.9 Å². The van der Waals surface area contributed by atoms with E-state index >= 15 is 0 Å². The topological polar surface area (TPSA) is 263 Å². The quantitative estimate of drug-likeness (QED) is 0.0767. The van der Waals surface area contributed by atoms with Gasteiger partial charge < -0.3 is 44.0 Å². The molecule has 14 nitrogen and oxygen atoms in total. The summed E-state index contributed by atoms with van der Waals surface area (Å²) in [7, 11) is 0. The van der Waals surface area contributed by atoms with Crippen LogP contribution in [0.5, 0.6) is 0 Å². The Morgan fingerprint density at radius 1 is 0.781 bits per heavy atom. The number of unbranched alkanes of at least 4 members (excludes halogenated alkanes) is 1. The fourth-order valence-corrected chi connectivity index (χ4v) is 2.73. The summed E-state index contributed by atoms with van der Waals surface area (Å²) in [6.45, 7) is 0.446. The van der Waals surface area contributed by atoms with E-state index in [0.717, 1.165) is 0 Å². The van der Waals surface area contributed by atoms with Crippen LogP contribution in [0.1, 0.15) is 32.1 Å². The second kappa shape index (κ2) is 15.0. The molecule has 0 aromatic heterocycles. The van der Waals surface area contributed by atoms with Gasteiger partial charge in [-0.3, -0.25) is 24.0 Å². The van der Waals surface area contributed by atoms with Crippen molar-refractivity contribution in [3.8, 4) is 0 Å². The molecule has 0 radical (unpaired) electrons. The van der Waals surface area contributed by atoms with Crippen molar-refractivity contribution in [3.63, 3.8) is 0 Å². The first-order valence-electron chi connectivity index (χ1n) is 9.69. The maximum Gasteiger partial charge on any atom is 0.326 e. The first kappa shape index (κ1) is 29.1. The highest BCUT2D eigenvalue weighted by atomic mass is 32.1. The van der Waals surface area contributed by atoms with E-state index in [1.807, 2.05) is 5.32 Å². The van der Waals surface area contributed by atoms with Crippen molar-refractivity contribution < 1.29 is 33.9 Å². The molecule has 0 heterocycles. The molecule has 5 amide bonds. The van der Waals surface area contributed by atoms with Gasteiger partial charge in [-0.1, -0.05) is 6.42 Å². The number of carbonyl (C=O) groups is 6. The van der Waals surface area contributed by atoms with Crippen LogP contribution in [-0.2, 0) is 28.8 Å². The number of carbonyl (C=O) groups excluding carboxylic acids is 5. The molecule has 0 fully saturated rings. The predicted molar refractivity (Wildman–Crippen MR) is 116 cm³/mol. The number of hydrogen-bond acceptors (Lipinski definition) is 9. The molecule has 0 aromatic rings. The van der Waals surface area contributed by atoms with Gasteiger partial charge in [0.1, 0.15) is 18.1 Å². The zero-order chi connectivity index (χ0) is 24.8. The maximum absolute atomic E-state index is 12.5. The largest absolute Gasteiger partial charge is 0.480 e. The number of carboxylic acids is 1. The summed E-state index contributed by atoms with van der Waals surface area (Å²) >= 11 is 3.99. The van der Waals surface area contributed by atoms with Gasteiger partial charge in [-0.2, -0.15) is 12.6 Å². The summed E-state index contributed by atoms with van der Waals surface area (Å²) in [6.07, 6.45) is 0.239. The lowest BCUT2D eigenvalue weighted by molar-refractivity contribution is -0.144. The monoisotopic (exact) mass is 477 g/mol. The average molecular weight is 478 g/mol. The average Bonchev–Trinajstić information content (AvgIpc) is 2.69. The second-order valence-corrected chi connectivity index (χ2v) is 7.30. The minimum Gasteiger partial charge on any atom is -0.480 e. The van der Waals surface area contributed by atoms with Crippen LogP contribution in [0.2, 0.25) is 0 Å². The number of carboxylic acid groups (broad SMARTS) is 1. The Morgan fingerprint density at radius 3 is 1.72 bits per heavy atom. The number of nitrogens with one attached hydrogen (secondary N) is 3. The Labute approximate surface area is 190 Å². The third-order valence-corrected chi connectivity index (χ3v) is 4.54. The zero-order valence-corrected chi connectivity index (χ0v) is 18.3. The predicted octanol–water partition coefficient (Wildman–Crippen LogP) is -4.34. The highest BCUT2D eigenvalue weighted by Gasteiger charge is 2.31. The van der Waals surface area contributed by atoms with Crippen LogP contribution in [0.3, 0.4) is 0 Å². The van der Waals surface area contributed by atoms with Gasteiger partial charge in [-0.25, -0.2) is 4.79 Å². The van der Waals surface area contributed by atoms with Gasteiger partial charge in [0.15, 0.2) is 0 Å². The molecule has 182 valence electrons. The van der Waals surface area contributed by atoms with Gasteiger partial charge in [-0.05, 0) is 19.4 Å². The van der Waals surface area contributed by atoms with Crippen molar-refractivity contribution in [2.45, 2.75) is 56.3 Å². The summed E-state index contributed by atoms with van der Waals surface area (Å²) in [5.74, 6) is -6.28. The summed E-state index contributed by atoms with van der Waals surface area (Å²) in [4.78, 5) is 70.6. The first-order chi connectivity index (χ1) is 14.9. The van der Waals surface area contributed by atoms with E-state index in [-0.39, 0.29) is 5.75 Å². The van der Waals surface area contributed by atoms with Gasteiger partial charge in [0, 0.05) is 5.75 Å². The molecule has 4 atom stereocenters. The smallest absolute Gasteiger partial charge is 0.326 e. The summed E-state index contributed by atoms with van der Waals surface area (Å²) in [5, 5.41) is 15.7. The summed E-state index contributed by atoms with van der Waals surface area (Å²) < 4.78 is 0. The van der Waals surface area contributed by atoms with Crippen LogP contribution < -0.4 is 38.9 Å². The molecule has 0 aliphatic carbocycles. The van der Waals surface area contributed by atoms with Crippen molar-refractivity contribution in [2.75, 3.05) is 12.3 Å². The lowest BCUT2D eigenvalue weighted by Gasteiger charge is -2.23. The summed E-state index contributed by atoms with van der Waals surface area (Å²) in [6, 6.07) is -5.37. The van der Waals surface area contributed by atoms with E-state index < -0.39 is 72.5 Å². The molecular formula is C17H31N7O7S. The highest BCUT2D eigenvalue weighted by Crippen LogP contribution is 2.02. The molecule has 4 unspecified atom stereocenters. The number of amides is 5. The Morgan fingerprint density at radius 2 is 1.25 bits per heavy atom. The van der Waals surface area contributed by atoms with Gasteiger partial charge in [0.2, 0.25) is 29.5 Å². The van der Waals surface area contributed by atoms with E-state index in [0.29, 0.717) is 25.8 Å². The summed E-state index contributed by atoms with van der Waals surface area (Å²) in [5.41, 5.74) is 21.2. The van der Waals surface area contributed by atoms with E-state index in [2.05, 4.69) is 23.3 Å². The molecule has 15 heteroatoms. The SMILES string of the molecule is NCCCCC(N)C(=O)NC(CS)C(=O)NC(CC(N)=O)C(=O)NC(CC(N)=O)C(=O)O. The molecule has 0 saturated heterocycles. The van der Waals surface area contributed by atoms with Crippen LogP contribution in [0.25, 0.3) is 0 Å². The van der Waals surface area contributed by atoms with Crippen LogP contribution >= 0.6 is 12.6 Å². The molecule has 0 bridgehead atoms. The normalized spacial score (nSPS) is 14.3. The van der Waals surface area contributed by atoms with Crippen molar-refractivity contribution in [2.24, 2.45) is 22.9 Å². The highest BCUT2D eigenvalue weighted by molar-refractivity contribution is 7.80. The van der Waals surface area contributed by atoms with Crippen molar-refractivity contribution >= 4 is 48.1 Å². The number of nitrogens with two attached hydrogens (primary N) is 4. The van der Waals surface area contributed by atoms with E-state index in [4.69, 9.17) is 28.0 Å². The van der Waals surface area contributed by atoms with Crippen LogP contribution in [0, 0.1) is 0 Å². The maximum atomic E-state index is 12.5. The van der Waals surface area contributed by atoms with Crippen molar-refractivity contribution in [3.05, 3.63) is 0 Å². The first-order valence-corrected chi connectivity index (χ1v) is 10.3. The fraction of sp³-hybridized carbons (Fsp3) is 0.647. The number of primary amides is 2. The Balaban J connectivity index is 5.21. The lowest BCUT2D eigenvalue weighted by Crippen LogP contribution is -2.58. The minimum atomic E-state index is -1.68. The van der Waals surface area contributed by atoms with Crippen LogP contribution in [-0.4, -0.2) is 77.1 Å². The van der Waals surface area contributed by atoms with Gasteiger partial charge in [-0.15, -0.1) is 0 Å². The van der Waals surface area contributed by atoms with E-state index in [1.165, 1.54) is 0 Å². The molecule has 0 saturated carbocycles. The van der Waals surface area contributed by atoms with Gasteiger partial charge in [0.25, 0.3) is 0 Å². The number of rotatable bonds is 16. The molecule has 32 heavy (non-hydrogen) atoms. The zero-order valence-electron chi connectivity index (χ0n) is 17.4. The molecular weight excluding hydrogens is 446 g/mol. The molecule has 0 rings (SSSR count). The fourth-order valence-electron chi connectivity index (χ4n) is 2.47. The van der Waals surface area contributed by atoms with Crippen LogP contribution in [0.4, 0.5) is 0 Å². The second-order valence-electron chi connectivity index (χ2n) is 6.94. The van der Waals surface area contributed by atoms with Crippen molar-refractivity contribution in [1.29, 1.82) is 0 Å². The Hall–Kier alpha value is -2.91.